The van der Waals surface area contributed by atoms with E-state index >= 15 is 0 Å². The van der Waals surface area contributed by atoms with Gasteiger partial charge in [0.2, 0.25) is 11.9 Å². The van der Waals surface area contributed by atoms with Crippen LogP contribution >= 0.6 is 11.6 Å². The molecule has 2 amide bonds. The molecule has 0 radical (unpaired) electrons. The van der Waals surface area contributed by atoms with Crippen molar-refractivity contribution in [1.29, 1.82) is 0 Å². The Balaban J connectivity index is 2.14. The fourth-order valence-corrected chi connectivity index (χ4v) is 2.15. The first-order valence-electron chi connectivity index (χ1n) is 7.29. The van der Waals surface area contributed by atoms with E-state index in [1.165, 1.54) is 11.2 Å². The van der Waals surface area contributed by atoms with Crippen molar-refractivity contribution in [3.63, 3.8) is 0 Å². The molecule has 0 saturated carbocycles. The minimum Gasteiger partial charge on any atom is -0.341 e. The molecule has 1 aromatic heterocycles. The highest BCUT2D eigenvalue weighted by Crippen LogP contribution is 2.16. The number of nitrogens with one attached hydrogen (secondary N) is 1. The first-order chi connectivity index (χ1) is 11.0. The van der Waals surface area contributed by atoms with Crippen LogP contribution in [0.4, 0.5) is 22.4 Å². The normalized spacial score (nSPS) is 10.3. The van der Waals surface area contributed by atoms with Crippen molar-refractivity contribution in [2.75, 3.05) is 35.3 Å². The molecule has 0 spiro atoms. The van der Waals surface area contributed by atoms with Crippen molar-refractivity contribution in [2.24, 2.45) is 0 Å². The number of anilines is 3. The Kier molecular flexibility index (Phi) is 5.70. The van der Waals surface area contributed by atoms with Crippen molar-refractivity contribution >= 4 is 35.2 Å². The number of halogens is 1. The molecule has 0 saturated heterocycles. The molecular weight excluding hydrogens is 316 g/mol. The molecule has 0 aliphatic carbocycles. The van der Waals surface area contributed by atoms with Crippen LogP contribution in [0.25, 0.3) is 0 Å². The molecule has 23 heavy (non-hydrogen) atoms. The smallest absolute Gasteiger partial charge is 0.328 e. The third-order valence-electron chi connectivity index (χ3n) is 3.27. The van der Waals surface area contributed by atoms with Gasteiger partial charge >= 0.3 is 6.03 Å². The van der Waals surface area contributed by atoms with Crippen LogP contribution in [0, 0.1) is 0 Å². The zero-order chi connectivity index (χ0) is 16.8. The Hall–Kier alpha value is -2.41. The van der Waals surface area contributed by atoms with E-state index in [0.29, 0.717) is 16.7 Å². The van der Waals surface area contributed by atoms with E-state index in [1.807, 2.05) is 18.7 Å². The number of hydrogen-bond donors (Lipinski definition) is 1. The largest absolute Gasteiger partial charge is 0.341 e. The number of rotatable bonds is 5. The van der Waals surface area contributed by atoms with E-state index in [4.69, 9.17) is 11.6 Å². The van der Waals surface area contributed by atoms with Crippen LogP contribution in [-0.2, 0) is 0 Å². The van der Waals surface area contributed by atoms with Crippen LogP contribution < -0.4 is 15.1 Å². The van der Waals surface area contributed by atoms with E-state index in [-0.39, 0.29) is 12.0 Å². The van der Waals surface area contributed by atoms with Crippen LogP contribution in [0.3, 0.4) is 0 Å². The number of urea groups is 1. The van der Waals surface area contributed by atoms with Crippen LogP contribution in [-0.4, -0.2) is 41.1 Å². The fourth-order valence-electron chi connectivity index (χ4n) is 1.96. The maximum atomic E-state index is 12.3. The lowest BCUT2D eigenvalue weighted by Crippen LogP contribution is -2.33. The molecule has 2 rings (SSSR count). The lowest BCUT2D eigenvalue weighted by Gasteiger charge is -2.20. The van der Waals surface area contributed by atoms with Gasteiger partial charge in [0.25, 0.3) is 0 Å². The molecule has 1 N–H and O–H groups in total. The summed E-state index contributed by atoms with van der Waals surface area (Å²) in [5, 5.41) is 3.30. The molecule has 8 heteroatoms. The zero-order valence-corrected chi connectivity index (χ0v) is 14.1. The number of carbonyl (C=O) groups is 1. The Morgan fingerprint density at radius 1 is 1.22 bits per heavy atom. The molecular formula is C15H19ClN6O. The van der Waals surface area contributed by atoms with Gasteiger partial charge in [0, 0.05) is 30.8 Å². The molecule has 0 aliphatic heterocycles. The second kappa shape index (κ2) is 7.73. The zero-order valence-electron chi connectivity index (χ0n) is 13.3. The quantitative estimate of drug-likeness (QED) is 0.909. The lowest BCUT2D eigenvalue weighted by atomic mass is 10.3. The summed E-state index contributed by atoms with van der Waals surface area (Å²) in [6, 6.07) is 6.57. The number of nitrogens with zero attached hydrogens (tertiary/aromatic N) is 5. The molecule has 1 aromatic carbocycles. The summed E-state index contributed by atoms with van der Waals surface area (Å²) in [5.41, 5.74) is 0.604. The molecule has 0 unspecified atom stereocenters. The highest BCUT2D eigenvalue weighted by atomic mass is 35.5. The average molecular weight is 335 g/mol. The number of amides is 2. The van der Waals surface area contributed by atoms with E-state index in [1.54, 1.807) is 31.3 Å². The summed E-state index contributed by atoms with van der Waals surface area (Å²) < 4.78 is 0. The van der Waals surface area contributed by atoms with Crippen molar-refractivity contribution in [3.05, 3.63) is 35.6 Å². The monoisotopic (exact) mass is 334 g/mol. The second-order valence-corrected chi connectivity index (χ2v) is 5.19. The number of aromatic nitrogens is 3. The molecule has 122 valence electrons. The maximum Gasteiger partial charge on any atom is 0.328 e. The molecule has 2 aromatic rings. The highest BCUT2D eigenvalue weighted by Gasteiger charge is 2.16. The van der Waals surface area contributed by atoms with Gasteiger partial charge in [-0.1, -0.05) is 17.7 Å². The van der Waals surface area contributed by atoms with Gasteiger partial charge in [-0.05, 0) is 32.0 Å². The van der Waals surface area contributed by atoms with Crippen LogP contribution in [0.2, 0.25) is 5.02 Å². The SMILES string of the molecule is CCN(CC)c1ncnc(N(C)C(=O)Nc2cccc(Cl)c2)n1. The van der Waals surface area contributed by atoms with E-state index < -0.39 is 0 Å². The predicted molar refractivity (Wildman–Crippen MR) is 92.3 cm³/mol. The Bertz CT molecular complexity index is 677. The summed E-state index contributed by atoms with van der Waals surface area (Å²) in [5.74, 6) is 0.823. The summed E-state index contributed by atoms with van der Waals surface area (Å²) in [7, 11) is 1.60. The standard InChI is InChI=1S/C15H19ClN6O/c1-4-22(5-2)14-18-10-17-13(20-14)21(3)15(23)19-12-8-6-7-11(16)9-12/h6-10H,4-5H2,1-3H3,(H,19,23). The van der Waals surface area contributed by atoms with E-state index in [9.17, 15) is 4.79 Å². The van der Waals surface area contributed by atoms with Crippen LogP contribution in [0.1, 0.15) is 13.8 Å². The van der Waals surface area contributed by atoms with Gasteiger partial charge in [0.15, 0.2) is 0 Å². The Labute approximate surface area is 140 Å². The topological polar surface area (TPSA) is 74.2 Å². The lowest BCUT2D eigenvalue weighted by molar-refractivity contribution is 0.257. The third-order valence-corrected chi connectivity index (χ3v) is 3.51. The molecule has 0 atom stereocenters. The van der Waals surface area contributed by atoms with Gasteiger partial charge in [-0.15, -0.1) is 0 Å². The van der Waals surface area contributed by atoms with Gasteiger partial charge in [-0.3, -0.25) is 4.90 Å². The van der Waals surface area contributed by atoms with E-state index in [0.717, 1.165) is 13.1 Å². The first kappa shape index (κ1) is 17.0. The van der Waals surface area contributed by atoms with Crippen LogP contribution in [0.15, 0.2) is 30.6 Å². The predicted octanol–water partition coefficient (Wildman–Crippen LogP) is 3.04. The van der Waals surface area contributed by atoms with Crippen molar-refractivity contribution in [2.45, 2.75) is 13.8 Å². The fraction of sp³-hybridized carbons (Fsp3) is 0.333. The highest BCUT2D eigenvalue weighted by molar-refractivity contribution is 6.30. The Morgan fingerprint density at radius 2 is 1.91 bits per heavy atom. The average Bonchev–Trinajstić information content (AvgIpc) is 2.55. The summed E-state index contributed by atoms with van der Waals surface area (Å²) >= 11 is 5.91. The second-order valence-electron chi connectivity index (χ2n) is 4.76. The molecule has 0 fully saturated rings. The van der Waals surface area contributed by atoms with Crippen molar-refractivity contribution < 1.29 is 4.79 Å². The van der Waals surface area contributed by atoms with Gasteiger partial charge in [-0.25, -0.2) is 14.8 Å². The Morgan fingerprint density at radius 3 is 2.57 bits per heavy atom. The summed E-state index contributed by atoms with van der Waals surface area (Å²) in [4.78, 5) is 28.2. The summed E-state index contributed by atoms with van der Waals surface area (Å²) in [6.45, 7) is 5.59. The molecule has 0 bridgehead atoms. The number of benzene rings is 1. The molecule has 7 nitrogen and oxygen atoms in total. The molecule has 1 heterocycles. The number of hydrogen-bond acceptors (Lipinski definition) is 5. The van der Waals surface area contributed by atoms with Crippen molar-refractivity contribution in [3.8, 4) is 0 Å². The minimum absolute atomic E-state index is 0.279. The van der Waals surface area contributed by atoms with Crippen LogP contribution in [0.5, 0.6) is 0 Å². The van der Waals surface area contributed by atoms with E-state index in [2.05, 4.69) is 20.3 Å². The molecule has 0 aliphatic rings. The van der Waals surface area contributed by atoms with Gasteiger partial charge in [0.1, 0.15) is 6.33 Å². The third kappa shape index (κ3) is 4.29. The van der Waals surface area contributed by atoms with Gasteiger partial charge < -0.3 is 10.2 Å². The number of carbonyl (C=O) groups excluding carboxylic acids is 1. The first-order valence-corrected chi connectivity index (χ1v) is 7.67. The minimum atomic E-state index is -0.357. The van der Waals surface area contributed by atoms with Gasteiger partial charge in [-0.2, -0.15) is 4.98 Å². The van der Waals surface area contributed by atoms with Gasteiger partial charge in [0.05, 0.1) is 0 Å². The van der Waals surface area contributed by atoms with Crippen molar-refractivity contribution in [1.82, 2.24) is 15.0 Å². The summed E-state index contributed by atoms with van der Waals surface area (Å²) in [6.07, 6.45) is 1.40. The maximum absolute atomic E-state index is 12.3.